The Hall–Kier alpha value is 0.360. The highest BCUT2D eigenvalue weighted by molar-refractivity contribution is 9.08. The first kappa shape index (κ1) is 8.36. The maximum Gasteiger partial charge on any atom is 0.0600 e. The van der Waals surface area contributed by atoms with Crippen molar-refractivity contribution < 1.29 is 4.74 Å². The lowest BCUT2D eigenvalue weighted by Gasteiger charge is -1.98. The maximum atomic E-state index is 5.15. The lowest BCUT2D eigenvalue weighted by molar-refractivity contribution is 0.147. The molecule has 8 heavy (non-hydrogen) atoms. The van der Waals surface area contributed by atoms with Crippen LogP contribution in [0.1, 0.15) is 0 Å². The first-order valence-electron chi connectivity index (χ1n) is 2.53. The van der Waals surface area contributed by atoms with Crippen molar-refractivity contribution >= 4 is 16.1 Å². The number of hydrogen-bond acceptors (Lipinski definition) is 3. The summed E-state index contributed by atoms with van der Waals surface area (Å²) in [4.78, 5) is 0. The van der Waals surface area contributed by atoms with Gasteiger partial charge in [-0.15, -0.1) is 0 Å². The molecule has 50 valence electrons. The molecule has 0 aliphatic rings. The molecule has 0 fully saturated rings. The zero-order chi connectivity index (χ0) is 6.24. The Balaban J connectivity index is 2.53. The van der Waals surface area contributed by atoms with Gasteiger partial charge >= 0.3 is 0 Å². The van der Waals surface area contributed by atoms with Crippen molar-refractivity contribution in [1.29, 1.82) is 0 Å². The molecule has 0 saturated heterocycles. The first-order valence-corrected chi connectivity index (χ1v) is 3.32. The Labute approximate surface area is 57.9 Å². The Morgan fingerprint density at radius 2 is 2.25 bits per heavy atom. The minimum atomic E-state index is 0.599. The van der Waals surface area contributed by atoms with Crippen molar-refractivity contribution in [2.24, 2.45) is 5.73 Å². The first-order chi connectivity index (χ1) is 3.91. The molecule has 0 aliphatic carbocycles. The van der Waals surface area contributed by atoms with Crippen LogP contribution in [-0.4, -0.2) is 26.3 Å². The van der Waals surface area contributed by atoms with Gasteiger partial charge in [-0.1, -0.05) is 0 Å². The van der Waals surface area contributed by atoms with Crippen LogP contribution >= 0.6 is 16.1 Å². The zero-order valence-corrected chi connectivity index (χ0v) is 6.28. The largest absolute Gasteiger partial charge is 0.379 e. The summed E-state index contributed by atoms with van der Waals surface area (Å²) in [5.41, 5.74) is 5.15. The highest BCUT2D eigenvalue weighted by atomic mass is 79.9. The van der Waals surface area contributed by atoms with Crippen LogP contribution in [0.4, 0.5) is 0 Å². The summed E-state index contributed by atoms with van der Waals surface area (Å²) in [7, 11) is 0. The second kappa shape index (κ2) is 7.36. The molecule has 0 unspecified atom stereocenters. The van der Waals surface area contributed by atoms with Crippen molar-refractivity contribution in [3.63, 3.8) is 0 Å². The Kier molecular flexibility index (Phi) is 7.69. The van der Waals surface area contributed by atoms with Crippen molar-refractivity contribution in [2.75, 3.05) is 26.3 Å². The van der Waals surface area contributed by atoms with E-state index in [9.17, 15) is 0 Å². The maximum absolute atomic E-state index is 5.15. The average molecular weight is 183 g/mol. The summed E-state index contributed by atoms with van der Waals surface area (Å²) in [5, 5.41) is 0. The summed E-state index contributed by atoms with van der Waals surface area (Å²) >= 11 is 3.04. The average Bonchev–Trinajstić information content (AvgIpc) is 1.81. The fraction of sp³-hybridized carbons (Fsp3) is 1.00. The van der Waals surface area contributed by atoms with Crippen LogP contribution in [0.2, 0.25) is 0 Å². The van der Waals surface area contributed by atoms with Gasteiger partial charge in [0.15, 0.2) is 0 Å². The summed E-state index contributed by atoms with van der Waals surface area (Å²) in [6.07, 6.45) is 0. The van der Waals surface area contributed by atoms with E-state index in [0.29, 0.717) is 19.8 Å². The van der Waals surface area contributed by atoms with E-state index in [4.69, 9.17) is 10.5 Å². The van der Waals surface area contributed by atoms with Crippen molar-refractivity contribution in [3.05, 3.63) is 0 Å². The summed E-state index contributed by atoms with van der Waals surface area (Å²) in [6.45, 7) is 2.78. The third kappa shape index (κ3) is 6.36. The summed E-state index contributed by atoms with van der Waals surface area (Å²) in [6, 6.07) is 0. The van der Waals surface area contributed by atoms with Gasteiger partial charge in [0, 0.05) is 29.2 Å². The van der Waals surface area contributed by atoms with E-state index in [1.807, 2.05) is 0 Å². The monoisotopic (exact) mass is 182 g/mol. The van der Waals surface area contributed by atoms with E-state index < -0.39 is 0 Å². The molecular formula is C4H11BrN2O. The second-order valence-electron chi connectivity index (χ2n) is 1.28. The van der Waals surface area contributed by atoms with E-state index in [0.717, 1.165) is 6.54 Å². The van der Waals surface area contributed by atoms with Crippen molar-refractivity contribution in [3.8, 4) is 0 Å². The van der Waals surface area contributed by atoms with Gasteiger partial charge in [-0.25, -0.2) is 0 Å². The number of hydrogen-bond donors (Lipinski definition) is 2. The fourth-order valence-corrected chi connectivity index (χ4v) is 0.458. The van der Waals surface area contributed by atoms with Gasteiger partial charge < -0.3 is 10.5 Å². The minimum Gasteiger partial charge on any atom is -0.379 e. The predicted octanol–water partition coefficient (Wildman–Crippen LogP) is -0.139. The van der Waals surface area contributed by atoms with Crippen LogP contribution in [0.15, 0.2) is 0 Å². The van der Waals surface area contributed by atoms with Gasteiger partial charge in [-0.05, 0) is 0 Å². The van der Waals surface area contributed by atoms with Crippen molar-refractivity contribution in [1.82, 2.24) is 4.34 Å². The molecular weight excluding hydrogens is 172 g/mol. The van der Waals surface area contributed by atoms with Gasteiger partial charge in [0.05, 0.1) is 13.2 Å². The summed E-state index contributed by atoms with van der Waals surface area (Å²) in [5.74, 6) is 0. The highest BCUT2D eigenvalue weighted by Crippen LogP contribution is 1.71. The van der Waals surface area contributed by atoms with Crippen LogP contribution in [0, 0.1) is 0 Å². The van der Waals surface area contributed by atoms with Crippen molar-refractivity contribution in [2.45, 2.75) is 0 Å². The molecule has 0 aliphatic heterocycles. The van der Waals surface area contributed by atoms with Gasteiger partial charge in [0.1, 0.15) is 0 Å². The molecule has 0 atom stereocenters. The second-order valence-corrected chi connectivity index (χ2v) is 1.85. The Bertz CT molecular complexity index is 39.0. The molecule has 0 saturated carbocycles. The smallest absolute Gasteiger partial charge is 0.0600 e. The lowest BCUT2D eigenvalue weighted by Crippen LogP contribution is -2.14. The highest BCUT2D eigenvalue weighted by Gasteiger charge is 1.81. The number of ether oxygens (including phenoxy) is 1. The fourth-order valence-electron chi connectivity index (χ4n) is 0.296. The van der Waals surface area contributed by atoms with Crippen LogP contribution in [-0.2, 0) is 4.74 Å². The Morgan fingerprint density at radius 3 is 2.75 bits per heavy atom. The minimum absolute atomic E-state index is 0.599. The van der Waals surface area contributed by atoms with Gasteiger partial charge in [-0.2, -0.15) is 0 Å². The summed E-state index contributed by atoms with van der Waals surface area (Å²) < 4.78 is 7.78. The third-order valence-corrected chi connectivity index (χ3v) is 1.000. The number of rotatable bonds is 5. The number of halogens is 1. The molecule has 4 heteroatoms. The molecule has 0 aromatic heterocycles. The molecule has 3 N–H and O–H groups in total. The molecule has 0 amide bonds. The SMILES string of the molecule is NCCOCCNBr. The van der Waals surface area contributed by atoms with Crippen LogP contribution < -0.4 is 10.1 Å². The topological polar surface area (TPSA) is 47.3 Å². The number of nitrogens with one attached hydrogen (secondary N) is 1. The molecule has 0 bridgehead atoms. The molecule has 0 aromatic rings. The molecule has 0 aromatic carbocycles. The van der Waals surface area contributed by atoms with Gasteiger partial charge in [0.2, 0.25) is 0 Å². The van der Waals surface area contributed by atoms with E-state index >= 15 is 0 Å². The van der Waals surface area contributed by atoms with Crippen LogP contribution in [0.3, 0.4) is 0 Å². The van der Waals surface area contributed by atoms with Gasteiger partial charge in [0.25, 0.3) is 0 Å². The molecule has 0 rings (SSSR count). The van der Waals surface area contributed by atoms with E-state index in [2.05, 4.69) is 20.5 Å². The zero-order valence-electron chi connectivity index (χ0n) is 4.69. The van der Waals surface area contributed by atoms with Crippen LogP contribution in [0.5, 0.6) is 0 Å². The third-order valence-electron chi connectivity index (χ3n) is 0.603. The van der Waals surface area contributed by atoms with E-state index in [1.54, 1.807) is 0 Å². The van der Waals surface area contributed by atoms with E-state index in [-0.39, 0.29) is 0 Å². The molecule has 0 heterocycles. The van der Waals surface area contributed by atoms with Crippen LogP contribution in [0.25, 0.3) is 0 Å². The normalized spacial score (nSPS) is 9.75. The Morgan fingerprint density at radius 1 is 1.50 bits per heavy atom. The molecule has 0 spiro atoms. The quantitative estimate of drug-likeness (QED) is 0.460. The standard InChI is InChI=1S/C4H11BrN2O/c5-7-2-4-8-3-1-6/h7H,1-4,6H2. The molecule has 3 nitrogen and oxygen atoms in total. The lowest BCUT2D eigenvalue weighted by atomic mass is 10.7. The van der Waals surface area contributed by atoms with Gasteiger partial charge in [-0.3, -0.25) is 4.34 Å². The number of nitrogens with two attached hydrogens (primary N) is 1. The molecule has 0 radical (unpaired) electrons. The predicted molar refractivity (Wildman–Crippen MR) is 36.8 cm³/mol. The van der Waals surface area contributed by atoms with E-state index in [1.165, 1.54) is 0 Å².